The number of rotatable bonds is 9. The fraction of sp³-hybridized carbons (Fsp3) is 0.219. The van der Waals surface area contributed by atoms with E-state index >= 15 is 0 Å². The molecule has 0 saturated carbocycles. The summed E-state index contributed by atoms with van der Waals surface area (Å²) in [4.78, 5) is 38.7. The minimum atomic E-state index is -0.481. The molecule has 4 aromatic rings. The maximum atomic E-state index is 13.9. The third-order valence-corrected chi connectivity index (χ3v) is 7.07. The molecule has 0 fully saturated rings. The van der Waals surface area contributed by atoms with Crippen molar-refractivity contribution in [1.29, 1.82) is 0 Å². The number of nitrogens with one attached hydrogen (secondary N) is 1. The normalized spacial score (nSPS) is 13.4. The van der Waals surface area contributed by atoms with Gasteiger partial charge in [0.1, 0.15) is 5.76 Å². The van der Waals surface area contributed by atoms with Gasteiger partial charge in [-0.15, -0.1) is 0 Å². The molecule has 0 radical (unpaired) electrons. The predicted octanol–water partition coefficient (Wildman–Crippen LogP) is 5.74. The van der Waals surface area contributed by atoms with E-state index in [-0.39, 0.29) is 29.7 Å². The Labute approximate surface area is 237 Å². The summed E-state index contributed by atoms with van der Waals surface area (Å²) >= 11 is 0. The lowest BCUT2D eigenvalue weighted by Gasteiger charge is -2.22. The second kappa shape index (κ2) is 12.4. The lowest BCUT2D eigenvalue weighted by molar-refractivity contribution is -0.384. The van der Waals surface area contributed by atoms with E-state index in [4.69, 9.17) is 4.42 Å². The molecule has 208 valence electrons. The Balaban J connectivity index is 1.35. The van der Waals surface area contributed by atoms with Gasteiger partial charge in [0.15, 0.2) is 5.76 Å². The second-order valence-electron chi connectivity index (χ2n) is 10.0. The number of nitrogens with zero attached hydrogens (tertiary/aromatic N) is 3. The van der Waals surface area contributed by atoms with E-state index in [9.17, 15) is 19.7 Å². The second-order valence-corrected chi connectivity index (χ2v) is 10.0. The van der Waals surface area contributed by atoms with Gasteiger partial charge < -0.3 is 9.32 Å². The van der Waals surface area contributed by atoms with Gasteiger partial charge in [-0.3, -0.25) is 19.7 Å². The fourth-order valence-electron chi connectivity index (χ4n) is 5.03. The Morgan fingerprint density at radius 3 is 2.10 bits per heavy atom. The van der Waals surface area contributed by atoms with Crippen LogP contribution in [0, 0.1) is 17.0 Å². The first-order valence-electron chi connectivity index (χ1n) is 13.5. The predicted molar refractivity (Wildman–Crippen MR) is 154 cm³/mol. The number of benzene rings is 3. The van der Waals surface area contributed by atoms with Crippen molar-refractivity contribution in [2.24, 2.45) is 5.10 Å². The number of amides is 2. The maximum Gasteiger partial charge on any atom is 0.290 e. The number of non-ortho nitro benzene ring substituents is 1. The van der Waals surface area contributed by atoms with Crippen LogP contribution in [0.2, 0.25) is 0 Å². The van der Waals surface area contributed by atoms with Crippen LogP contribution in [0.1, 0.15) is 57.0 Å². The third-order valence-electron chi connectivity index (χ3n) is 7.07. The number of carbonyl (C=O) groups is 2. The number of nitro groups is 1. The Hall–Kier alpha value is -5.05. The summed E-state index contributed by atoms with van der Waals surface area (Å²) < 4.78 is 6.18. The molecule has 41 heavy (non-hydrogen) atoms. The highest BCUT2D eigenvalue weighted by Gasteiger charge is 2.30. The molecule has 0 saturated heterocycles. The molecule has 9 heteroatoms. The SMILES string of the molecule is Cc1c(C(=O)N(Cc2ccccc2)Cc2ccccc2)oc2c1/C(=N/NC(=O)Cc1ccc([N+](=O)[O-])cc1)CCC2. The van der Waals surface area contributed by atoms with Crippen LogP contribution in [0.25, 0.3) is 0 Å². The van der Waals surface area contributed by atoms with Gasteiger partial charge in [-0.2, -0.15) is 5.10 Å². The number of hydrazone groups is 1. The minimum Gasteiger partial charge on any atom is -0.455 e. The van der Waals surface area contributed by atoms with Gasteiger partial charge in [0.05, 0.1) is 17.1 Å². The lowest BCUT2D eigenvalue weighted by Crippen LogP contribution is -2.30. The van der Waals surface area contributed by atoms with Crippen molar-refractivity contribution in [2.45, 2.75) is 45.7 Å². The molecule has 0 aliphatic heterocycles. The number of aryl methyl sites for hydroxylation is 1. The monoisotopic (exact) mass is 550 g/mol. The average Bonchev–Trinajstić information content (AvgIpc) is 3.33. The van der Waals surface area contributed by atoms with E-state index in [2.05, 4.69) is 10.5 Å². The van der Waals surface area contributed by atoms with E-state index in [1.54, 1.807) is 17.0 Å². The zero-order valence-electron chi connectivity index (χ0n) is 22.7. The van der Waals surface area contributed by atoms with Gasteiger partial charge >= 0.3 is 0 Å². The maximum absolute atomic E-state index is 13.9. The number of carbonyl (C=O) groups excluding carboxylic acids is 2. The minimum absolute atomic E-state index is 0.0314. The fourth-order valence-corrected chi connectivity index (χ4v) is 5.03. The summed E-state index contributed by atoms with van der Waals surface area (Å²) in [5, 5.41) is 15.3. The van der Waals surface area contributed by atoms with Crippen molar-refractivity contribution >= 4 is 23.2 Å². The van der Waals surface area contributed by atoms with Crippen molar-refractivity contribution in [3.63, 3.8) is 0 Å². The quantitative estimate of drug-likeness (QED) is 0.211. The number of furan rings is 1. The molecular formula is C32H30N4O5. The van der Waals surface area contributed by atoms with Crippen LogP contribution in [0.15, 0.2) is 94.4 Å². The smallest absolute Gasteiger partial charge is 0.290 e. The Morgan fingerprint density at radius 2 is 1.51 bits per heavy atom. The van der Waals surface area contributed by atoms with Crippen molar-refractivity contribution in [2.75, 3.05) is 0 Å². The molecule has 1 aliphatic rings. The molecule has 5 rings (SSSR count). The van der Waals surface area contributed by atoms with E-state index in [1.807, 2.05) is 67.6 Å². The highest BCUT2D eigenvalue weighted by atomic mass is 16.6. The molecule has 0 bridgehead atoms. The zero-order chi connectivity index (χ0) is 28.8. The van der Waals surface area contributed by atoms with Crippen LogP contribution >= 0.6 is 0 Å². The molecule has 1 heterocycles. The molecule has 0 unspecified atom stereocenters. The molecule has 3 aromatic carbocycles. The van der Waals surface area contributed by atoms with E-state index in [0.29, 0.717) is 48.5 Å². The molecule has 0 atom stereocenters. The van der Waals surface area contributed by atoms with Crippen molar-refractivity contribution in [3.05, 3.63) is 134 Å². The summed E-state index contributed by atoms with van der Waals surface area (Å²) in [5.41, 5.74) is 7.40. The topological polar surface area (TPSA) is 118 Å². The summed E-state index contributed by atoms with van der Waals surface area (Å²) in [6.07, 6.45) is 2.12. The van der Waals surface area contributed by atoms with Gasteiger partial charge in [0, 0.05) is 42.8 Å². The van der Waals surface area contributed by atoms with Crippen LogP contribution in [0.3, 0.4) is 0 Å². The first-order valence-corrected chi connectivity index (χ1v) is 13.5. The van der Waals surface area contributed by atoms with Gasteiger partial charge in [-0.25, -0.2) is 5.43 Å². The third kappa shape index (κ3) is 6.58. The summed E-state index contributed by atoms with van der Waals surface area (Å²) in [7, 11) is 0. The average molecular weight is 551 g/mol. The molecular weight excluding hydrogens is 520 g/mol. The summed E-state index contributed by atoms with van der Waals surface area (Å²) in [6.45, 7) is 2.72. The standard InChI is InChI=1S/C32H30N4O5/c1-22-30-27(33-34-29(37)19-23-15-17-26(18-16-23)36(39)40)13-8-14-28(30)41-31(22)32(38)35(20-24-9-4-2-5-10-24)21-25-11-6-3-7-12-25/h2-7,9-12,15-18H,8,13-14,19-21H2,1H3,(H,34,37)/b33-27+. The zero-order valence-corrected chi connectivity index (χ0v) is 22.7. The van der Waals surface area contributed by atoms with Gasteiger partial charge in [0.25, 0.3) is 11.6 Å². The number of hydrogen-bond donors (Lipinski definition) is 1. The largest absolute Gasteiger partial charge is 0.455 e. The van der Waals surface area contributed by atoms with Gasteiger partial charge in [0.2, 0.25) is 5.91 Å². The van der Waals surface area contributed by atoms with Gasteiger partial charge in [-0.1, -0.05) is 72.8 Å². The first-order chi connectivity index (χ1) is 19.9. The molecule has 1 N–H and O–H groups in total. The Morgan fingerprint density at radius 1 is 0.902 bits per heavy atom. The van der Waals surface area contributed by atoms with E-state index in [1.165, 1.54) is 12.1 Å². The van der Waals surface area contributed by atoms with Crippen molar-refractivity contribution in [1.82, 2.24) is 10.3 Å². The number of fused-ring (bicyclic) bond motifs is 1. The van der Waals surface area contributed by atoms with Crippen LogP contribution in [0.5, 0.6) is 0 Å². The first kappa shape index (κ1) is 27.5. The Kier molecular flexibility index (Phi) is 8.34. The van der Waals surface area contributed by atoms with Crippen LogP contribution in [-0.2, 0) is 30.7 Å². The van der Waals surface area contributed by atoms with Crippen molar-refractivity contribution in [3.8, 4) is 0 Å². The number of hydrogen-bond acceptors (Lipinski definition) is 6. The molecule has 0 spiro atoms. The van der Waals surface area contributed by atoms with E-state index < -0.39 is 4.92 Å². The number of nitro benzene ring substituents is 1. The summed E-state index contributed by atoms with van der Waals surface area (Å²) in [6, 6.07) is 25.5. The highest BCUT2D eigenvalue weighted by Crippen LogP contribution is 2.31. The summed E-state index contributed by atoms with van der Waals surface area (Å²) in [5.74, 6) is 0.437. The molecule has 9 nitrogen and oxygen atoms in total. The van der Waals surface area contributed by atoms with Crippen LogP contribution in [-0.4, -0.2) is 27.3 Å². The molecule has 1 aliphatic carbocycles. The van der Waals surface area contributed by atoms with Gasteiger partial charge in [-0.05, 0) is 36.5 Å². The van der Waals surface area contributed by atoms with Crippen molar-refractivity contribution < 1.29 is 18.9 Å². The van der Waals surface area contributed by atoms with Crippen LogP contribution < -0.4 is 5.43 Å². The van der Waals surface area contributed by atoms with Crippen LogP contribution in [0.4, 0.5) is 5.69 Å². The Bertz CT molecular complexity index is 1540. The molecule has 1 aromatic heterocycles. The molecule has 2 amide bonds. The van der Waals surface area contributed by atoms with E-state index in [0.717, 1.165) is 23.1 Å². The highest BCUT2D eigenvalue weighted by molar-refractivity contribution is 6.06. The lowest BCUT2D eigenvalue weighted by atomic mass is 9.93.